The molecule has 0 aromatic rings. The molecule has 0 aromatic heterocycles. The Bertz CT molecular complexity index is 268. The lowest BCUT2D eigenvalue weighted by atomic mass is 10.1. The normalized spacial score (nSPS) is 26.1. The quantitative estimate of drug-likeness (QED) is 0.526. The van der Waals surface area contributed by atoms with Crippen molar-refractivity contribution in [3.05, 3.63) is 0 Å². The van der Waals surface area contributed by atoms with Crippen molar-refractivity contribution in [3.8, 4) is 0 Å². The number of carboxylic acid groups (broad SMARTS) is 2. The lowest BCUT2D eigenvalue weighted by Gasteiger charge is -2.16. The number of nitrogens with zero attached hydrogens (tertiary/aromatic N) is 1. The fourth-order valence-corrected chi connectivity index (χ4v) is 1.49. The smallest absolute Gasteiger partial charge is 0.408 e. The molecule has 2 atom stereocenters. The molecule has 1 saturated heterocycles. The molecule has 0 radical (unpaired) electrons. The molecule has 2 amide bonds. The number of likely N-dealkylation sites (tertiary alicyclic amines) is 1. The van der Waals surface area contributed by atoms with Gasteiger partial charge in [0.25, 0.3) is 0 Å². The van der Waals surface area contributed by atoms with Crippen molar-refractivity contribution >= 4 is 18.0 Å². The number of nitrogens with two attached hydrogens (primary N) is 1. The number of carbonyl (C=O) groups excluding carboxylic acids is 1. The Morgan fingerprint density at radius 2 is 1.86 bits per heavy atom. The van der Waals surface area contributed by atoms with Gasteiger partial charge in [0.15, 0.2) is 0 Å². The van der Waals surface area contributed by atoms with E-state index in [2.05, 4.69) is 0 Å². The highest BCUT2D eigenvalue weighted by atomic mass is 16.4. The Labute approximate surface area is 79.1 Å². The van der Waals surface area contributed by atoms with Crippen molar-refractivity contribution in [2.45, 2.75) is 12.5 Å². The highest BCUT2D eigenvalue weighted by molar-refractivity contribution is 5.84. The molecule has 1 rings (SSSR count). The third-order valence-electron chi connectivity index (χ3n) is 2.23. The summed E-state index contributed by atoms with van der Waals surface area (Å²) in [5.74, 6) is -2.62. The summed E-state index contributed by atoms with van der Waals surface area (Å²) in [6.45, 7) is -0.137. The van der Waals surface area contributed by atoms with Crippen LogP contribution in [0.4, 0.5) is 4.79 Å². The van der Waals surface area contributed by atoms with Gasteiger partial charge in [-0.1, -0.05) is 0 Å². The number of carbonyl (C=O) groups is 3. The summed E-state index contributed by atoms with van der Waals surface area (Å²) < 4.78 is 0. The number of rotatable bonds is 2. The van der Waals surface area contributed by atoms with E-state index in [1.807, 2.05) is 0 Å². The van der Waals surface area contributed by atoms with Crippen LogP contribution in [0.15, 0.2) is 0 Å². The molecule has 1 aliphatic heterocycles. The highest BCUT2D eigenvalue weighted by Crippen LogP contribution is 2.23. The maximum atomic E-state index is 10.7. The van der Waals surface area contributed by atoms with Crippen LogP contribution in [0.5, 0.6) is 0 Å². The standard InChI is InChI=1S/C7H10N2O5/c8-5(10)3-1-4(6(11)12)9(2-3)7(13)14/h3-4H,1-2H2,(H2,8,10)(H,11,12)(H,13,14). The zero-order valence-corrected chi connectivity index (χ0v) is 7.21. The first-order valence-corrected chi connectivity index (χ1v) is 3.95. The van der Waals surface area contributed by atoms with Crippen molar-refractivity contribution in [1.29, 1.82) is 0 Å². The summed E-state index contributed by atoms with van der Waals surface area (Å²) in [6.07, 6.45) is -1.39. The van der Waals surface area contributed by atoms with Crippen molar-refractivity contribution in [2.75, 3.05) is 6.54 Å². The first-order valence-electron chi connectivity index (χ1n) is 3.95. The van der Waals surface area contributed by atoms with Crippen LogP contribution in [-0.4, -0.2) is 45.7 Å². The fraction of sp³-hybridized carbons (Fsp3) is 0.571. The summed E-state index contributed by atoms with van der Waals surface area (Å²) in [4.78, 5) is 32.7. The van der Waals surface area contributed by atoms with Crippen LogP contribution in [0.3, 0.4) is 0 Å². The molecule has 1 fully saturated rings. The molecule has 0 aliphatic carbocycles. The zero-order chi connectivity index (χ0) is 10.9. The zero-order valence-electron chi connectivity index (χ0n) is 7.21. The molecule has 2 unspecified atom stereocenters. The van der Waals surface area contributed by atoms with Gasteiger partial charge in [0, 0.05) is 6.54 Å². The molecular formula is C7H10N2O5. The predicted molar refractivity (Wildman–Crippen MR) is 43.5 cm³/mol. The average molecular weight is 202 g/mol. The van der Waals surface area contributed by atoms with E-state index in [9.17, 15) is 14.4 Å². The summed E-state index contributed by atoms with van der Waals surface area (Å²) in [5.41, 5.74) is 4.97. The van der Waals surface area contributed by atoms with E-state index in [1.54, 1.807) is 0 Å². The maximum absolute atomic E-state index is 10.7. The van der Waals surface area contributed by atoms with E-state index in [0.717, 1.165) is 4.90 Å². The van der Waals surface area contributed by atoms with Gasteiger partial charge in [0.05, 0.1) is 5.92 Å². The van der Waals surface area contributed by atoms with Crippen molar-refractivity contribution in [1.82, 2.24) is 4.90 Å². The Kier molecular flexibility index (Phi) is 2.59. The van der Waals surface area contributed by atoms with E-state index in [4.69, 9.17) is 15.9 Å². The molecule has 1 heterocycles. The van der Waals surface area contributed by atoms with Crippen molar-refractivity contribution in [3.63, 3.8) is 0 Å². The van der Waals surface area contributed by atoms with E-state index < -0.39 is 29.9 Å². The van der Waals surface area contributed by atoms with Gasteiger partial charge < -0.3 is 15.9 Å². The maximum Gasteiger partial charge on any atom is 0.408 e. The van der Waals surface area contributed by atoms with Crippen molar-refractivity contribution in [2.24, 2.45) is 11.7 Å². The van der Waals surface area contributed by atoms with E-state index >= 15 is 0 Å². The van der Waals surface area contributed by atoms with Gasteiger partial charge in [-0.25, -0.2) is 9.59 Å². The van der Waals surface area contributed by atoms with E-state index in [1.165, 1.54) is 0 Å². The molecular weight excluding hydrogens is 192 g/mol. The highest BCUT2D eigenvalue weighted by Gasteiger charge is 2.41. The van der Waals surface area contributed by atoms with Gasteiger partial charge in [-0.05, 0) is 6.42 Å². The van der Waals surface area contributed by atoms with Crippen LogP contribution in [0.25, 0.3) is 0 Å². The average Bonchev–Trinajstić information content (AvgIpc) is 2.47. The predicted octanol–water partition coefficient (Wildman–Crippen LogP) is -1.08. The van der Waals surface area contributed by atoms with Crippen molar-refractivity contribution < 1.29 is 24.6 Å². The van der Waals surface area contributed by atoms with Crippen LogP contribution in [0, 0.1) is 5.92 Å². The second-order valence-corrected chi connectivity index (χ2v) is 3.12. The molecule has 0 bridgehead atoms. The van der Waals surface area contributed by atoms with Gasteiger partial charge >= 0.3 is 12.1 Å². The Morgan fingerprint density at radius 1 is 1.29 bits per heavy atom. The number of hydrogen-bond acceptors (Lipinski definition) is 3. The molecule has 7 heteroatoms. The molecule has 4 N–H and O–H groups in total. The van der Waals surface area contributed by atoms with Crippen LogP contribution in [0.2, 0.25) is 0 Å². The number of amides is 2. The second-order valence-electron chi connectivity index (χ2n) is 3.12. The third kappa shape index (κ3) is 1.76. The first kappa shape index (κ1) is 10.3. The first-order chi connectivity index (χ1) is 6.43. The summed E-state index contributed by atoms with van der Waals surface area (Å²) >= 11 is 0. The SMILES string of the molecule is NC(=O)C1CC(C(=O)O)N(C(=O)O)C1. The molecule has 0 saturated carbocycles. The lowest BCUT2D eigenvalue weighted by molar-refractivity contribution is -0.141. The minimum Gasteiger partial charge on any atom is -0.480 e. The van der Waals surface area contributed by atoms with E-state index in [-0.39, 0.29) is 13.0 Å². The van der Waals surface area contributed by atoms with Crippen LogP contribution >= 0.6 is 0 Å². The molecule has 1 aliphatic rings. The summed E-state index contributed by atoms with van der Waals surface area (Å²) in [5, 5.41) is 17.3. The minimum absolute atomic E-state index is 0.0447. The molecule has 14 heavy (non-hydrogen) atoms. The topological polar surface area (TPSA) is 121 Å². The molecule has 0 aromatic carbocycles. The monoisotopic (exact) mass is 202 g/mol. The van der Waals surface area contributed by atoms with Gasteiger partial charge in [-0.15, -0.1) is 0 Å². The van der Waals surface area contributed by atoms with Gasteiger partial charge in [0.1, 0.15) is 6.04 Å². The fourth-order valence-electron chi connectivity index (χ4n) is 1.49. The second kappa shape index (κ2) is 3.52. The Balaban J connectivity index is 2.80. The van der Waals surface area contributed by atoms with E-state index in [0.29, 0.717) is 0 Å². The van der Waals surface area contributed by atoms with Gasteiger partial charge in [0.2, 0.25) is 5.91 Å². The largest absolute Gasteiger partial charge is 0.480 e. The molecule has 0 spiro atoms. The number of primary amides is 1. The number of carboxylic acids is 1. The lowest BCUT2D eigenvalue weighted by Crippen LogP contribution is -2.39. The van der Waals surface area contributed by atoms with Crippen LogP contribution in [0.1, 0.15) is 6.42 Å². The van der Waals surface area contributed by atoms with Gasteiger partial charge in [-0.2, -0.15) is 0 Å². The van der Waals surface area contributed by atoms with Crippen LogP contribution < -0.4 is 5.73 Å². The number of hydrogen-bond donors (Lipinski definition) is 3. The molecule has 7 nitrogen and oxygen atoms in total. The number of aliphatic carboxylic acids is 1. The minimum atomic E-state index is -1.35. The van der Waals surface area contributed by atoms with Crippen LogP contribution in [-0.2, 0) is 9.59 Å². The third-order valence-corrected chi connectivity index (χ3v) is 2.23. The summed E-state index contributed by atoms with van der Waals surface area (Å²) in [7, 11) is 0. The molecule has 78 valence electrons. The Hall–Kier alpha value is -1.79. The van der Waals surface area contributed by atoms with Gasteiger partial charge in [-0.3, -0.25) is 9.69 Å². The Morgan fingerprint density at radius 3 is 2.14 bits per heavy atom. The summed E-state index contributed by atoms with van der Waals surface area (Å²) in [6, 6.07) is -1.16.